The SMILES string of the molecule is CC(c1ccccc1F)C(O)(Cn1cncn1)c1ccc(F)cc1F. The Bertz CT molecular complexity index is 870. The number of aliphatic hydroxyl groups is 1. The molecule has 3 aromatic rings. The second-order valence-electron chi connectivity index (χ2n) is 5.88. The third kappa shape index (κ3) is 3.28. The molecule has 0 saturated carbocycles. The van der Waals surface area contributed by atoms with Gasteiger partial charge in [0.1, 0.15) is 35.7 Å². The van der Waals surface area contributed by atoms with Crippen molar-refractivity contribution in [1.82, 2.24) is 14.8 Å². The Kier molecular flexibility index (Phi) is 4.59. The Balaban J connectivity index is 2.13. The lowest BCUT2D eigenvalue weighted by molar-refractivity contribution is -0.0121. The van der Waals surface area contributed by atoms with E-state index in [2.05, 4.69) is 10.1 Å². The topological polar surface area (TPSA) is 50.9 Å². The fraction of sp³-hybridized carbons (Fsp3) is 0.222. The molecule has 2 aromatic carbocycles. The summed E-state index contributed by atoms with van der Waals surface area (Å²) in [7, 11) is 0. The minimum Gasteiger partial charge on any atom is -0.382 e. The molecule has 2 unspecified atom stereocenters. The van der Waals surface area contributed by atoms with E-state index in [1.54, 1.807) is 13.0 Å². The van der Waals surface area contributed by atoms with Crippen LogP contribution < -0.4 is 0 Å². The third-order valence-electron chi connectivity index (χ3n) is 4.36. The van der Waals surface area contributed by atoms with E-state index in [0.29, 0.717) is 6.07 Å². The zero-order chi connectivity index (χ0) is 18.0. The predicted octanol–water partition coefficient (Wildman–Crippen LogP) is 3.39. The summed E-state index contributed by atoms with van der Waals surface area (Å²) in [6.07, 6.45) is 2.63. The monoisotopic (exact) mass is 347 g/mol. The van der Waals surface area contributed by atoms with Gasteiger partial charge in [-0.15, -0.1) is 0 Å². The van der Waals surface area contributed by atoms with Gasteiger partial charge >= 0.3 is 0 Å². The highest BCUT2D eigenvalue weighted by molar-refractivity contribution is 5.32. The number of benzene rings is 2. The predicted molar refractivity (Wildman–Crippen MR) is 85.1 cm³/mol. The number of rotatable bonds is 5. The van der Waals surface area contributed by atoms with Crippen LogP contribution in [0.25, 0.3) is 0 Å². The van der Waals surface area contributed by atoms with Gasteiger partial charge in [0.2, 0.25) is 0 Å². The Morgan fingerprint density at radius 2 is 1.88 bits per heavy atom. The number of aromatic nitrogens is 3. The summed E-state index contributed by atoms with van der Waals surface area (Å²) >= 11 is 0. The van der Waals surface area contributed by atoms with Gasteiger partial charge in [0.25, 0.3) is 0 Å². The van der Waals surface area contributed by atoms with E-state index in [4.69, 9.17) is 0 Å². The van der Waals surface area contributed by atoms with Crippen molar-refractivity contribution in [2.45, 2.75) is 25.0 Å². The van der Waals surface area contributed by atoms with Crippen LogP contribution in [0.4, 0.5) is 13.2 Å². The van der Waals surface area contributed by atoms with Crippen LogP contribution in [0.3, 0.4) is 0 Å². The lowest BCUT2D eigenvalue weighted by Gasteiger charge is -2.35. The molecule has 0 aliphatic rings. The molecule has 0 amide bonds. The molecule has 0 saturated heterocycles. The number of halogens is 3. The molecule has 130 valence electrons. The van der Waals surface area contributed by atoms with Crippen molar-refractivity contribution >= 4 is 0 Å². The molecule has 1 N–H and O–H groups in total. The summed E-state index contributed by atoms with van der Waals surface area (Å²) in [6.45, 7) is 1.41. The first-order chi connectivity index (χ1) is 11.9. The van der Waals surface area contributed by atoms with Gasteiger partial charge in [0.05, 0.1) is 6.54 Å². The number of hydrogen-bond acceptors (Lipinski definition) is 3. The molecule has 0 radical (unpaired) electrons. The molecule has 4 nitrogen and oxygen atoms in total. The van der Waals surface area contributed by atoms with Gasteiger partial charge in [-0.2, -0.15) is 5.10 Å². The summed E-state index contributed by atoms with van der Waals surface area (Å²) in [6, 6.07) is 8.86. The molecule has 2 atom stereocenters. The van der Waals surface area contributed by atoms with Gasteiger partial charge in [-0.1, -0.05) is 31.2 Å². The second kappa shape index (κ2) is 6.68. The summed E-state index contributed by atoms with van der Waals surface area (Å²) < 4.78 is 43.3. The van der Waals surface area contributed by atoms with Crippen LogP contribution in [0.15, 0.2) is 55.1 Å². The van der Waals surface area contributed by atoms with Crippen molar-refractivity contribution in [2.75, 3.05) is 0 Å². The highest BCUT2D eigenvalue weighted by Gasteiger charge is 2.40. The molecule has 0 bridgehead atoms. The minimum absolute atomic E-state index is 0.139. The maximum Gasteiger partial charge on any atom is 0.137 e. The Labute approximate surface area is 142 Å². The molecule has 0 aliphatic heterocycles. The van der Waals surface area contributed by atoms with Crippen LogP contribution in [-0.2, 0) is 12.1 Å². The zero-order valence-electron chi connectivity index (χ0n) is 13.4. The number of hydrogen-bond donors (Lipinski definition) is 1. The number of nitrogens with zero attached hydrogens (tertiary/aromatic N) is 3. The molecule has 7 heteroatoms. The maximum absolute atomic E-state index is 14.4. The van der Waals surface area contributed by atoms with E-state index in [0.717, 1.165) is 6.07 Å². The van der Waals surface area contributed by atoms with Gasteiger partial charge < -0.3 is 5.11 Å². The molecule has 0 fully saturated rings. The highest BCUT2D eigenvalue weighted by atomic mass is 19.1. The van der Waals surface area contributed by atoms with Gasteiger partial charge in [-0.25, -0.2) is 22.8 Å². The molecule has 1 heterocycles. The van der Waals surface area contributed by atoms with Crippen LogP contribution >= 0.6 is 0 Å². The minimum atomic E-state index is -1.87. The van der Waals surface area contributed by atoms with Gasteiger partial charge in [-0.05, 0) is 17.7 Å². The Morgan fingerprint density at radius 1 is 1.12 bits per heavy atom. The standard InChI is InChI=1S/C18H16F3N3O/c1-12(14-4-2-3-5-16(14)20)18(25,9-24-11-22-10-23-24)15-7-6-13(19)8-17(15)21/h2-8,10-12,25H,9H2,1H3. The quantitative estimate of drug-likeness (QED) is 0.770. The van der Waals surface area contributed by atoms with E-state index in [1.807, 2.05) is 0 Å². The molecular formula is C18H16F3N3O. The van der Waals surface area contributed by atoms with Crippen LogP contribution in [-0.4, -0.2) is 19.9 Å². The van der Waals surface area contributed by atoms with E-state index in [9.17, 15) is 18.3 Å². The molecule has 0 aliphatic carbocycles. The van der Waals surface area contributed by atoms with Crippen LogP contribution in [0.5, 0.6) is 0 Å². The first kappa shape index (κ1) is 17.2. The summed E-state index contributed by atoms with van der Waals surface area (Å²) in [5.41, 5.74) is -1.79. The van der Waals surface area contributed by atoms with E-state index in [-0.39, 0.29) is 17.7 Å². The normalized spacial score (nSPS) is 14.9. The van der Waals surface area contributed by atoms with Crippen molar-refractivity contribution in [3.63, 3.8) is 0 Å². The van der Waals surface area contributed by atoms with Crippen molar-refractivity contribution in [3.05, 3.63) is 83.7 Å². The third-order valence-corrected chi connectivity index (χ3v) is 4.36. The second-order valence-corrected chi connectivity index (χ2v) is 5.88. The summed E-state index contributed by atoms with van der Waals surface area (Å²) in [5.74, 6) is -3.03. The van der Waals surface area contributed by atoms with Crippen molar-refractivity contribution in [3.8, 4) is 0 Å². The van der Waals surface area contributed by atoms with E-state index < -0.39 is 29.0 Å². The average molecular weight is 347 g/mol. The first-order valence-electron chi connectivity index (χ1n) is 7.66. The van der Waals surface area contributed by atoms with E-state index in [1.165, 1.54) is 41.6 Å². The average Bonchev–Trinajstić information content (AvgIpc) is 3.07. The largest absolute Gasteiger partial charge is 0.382 e. The molecule has 25 heavy (non-hydrogen) atoms. The maximum atomic E-state index is 14.4. The lowest BCUT2D eigenvalue weighted by atomic mass is 9.78. The Hall–Kier alpha value is -2.67. The highest BCUT2D eigenvalue weighted by Crippen LogP contribution is 2.40. The van der Waals surface area contributed by atoms with Crippen molar-refractivity contribution in [2.24, 2.45) is 0 Å². The lowest BCUT2D eigenvalue weighted by Crippen LogP contribution is -2.38. The van der Waals surface area contributed by atoms with Crippen LogP contribution in [0.1, 0.15) is 24.0 Å². The molecule has 0 spiro atoms. The smallest absolute Gasteiger partial charge is 0.137 e. The molecular weight excluding hydrogens is 331 g/mol. The molecule has 3 rings (SSSR count). The van der Waals surface area contributed by atoms with Gasteiger partial charge in [0, 0.05) is 17.5 Å². The Morgan fingerprint density at radius 3 is 2.52 bits per heavy atom. The van der Waals surface area contributed by atoms with Crippen LogP contribution in [0.2, 0.25) is 0 Å². The fourth-order valence-corrected chi connectivity index (χ4v) is 2.94. The fourth-order valence-electron chi connectivity index (χ4n) is 2.94. The zero-order valence-corrected chi connectivity index (χ0v) is 13.4. The van der Waals surface area contributed by atoms with Crippen molar-refractivity contribution in [1.29, 1.82) is 0 Å². The summed E-state index contributed by atoms with van der Waals surface area (Å²) in [5, 5.41) is 15.3. The van der Waals surface area contributed by atoms with E-state index >= 15 is 0 Å². The first-order valence-corrected chi connectivity index (χ1v) is 7.66. The summed E-state index contributed by atoms with van der Waals surface area (Å²) in [4.78, 5) is 3.80. The van der Waals surface area contributed by atoms with Crippen LogP contribution in [0, 0.1) is 17.5 Å². The van der Waals surface area contributed by atoms with Gasteiger partial charge in [-0.3, -0.25) is 0 Å². The molecule has 1 aromatic heterocycles. The van der Waals surface area contributed by atoms with Gasteiger partial charge in [0.15, 0.2) is 0 Å². The van der Waals surface area contributed by atoms with Crippen molar-refractivity contribution < 1.29 is 18.3 Å².